The molecule has 3 saturated carbocycles. The van der Waals surface area contributed by atoms with Crippen LogP contribution in [0.15, 0.2) is 35.4 Å². The first kappa shape index (κ1) is 19.1. The fraction of sp³-hybridized carbons (Fsp3) is 0.455. The number of rotatable bonds is 7. The normalized spacial score (nSPS) is 32.4. The molecule has 3 N–H and O–H groups in total. The standard InChI is InChI=1S/C22H23N7O4/c1-23-16-7-15(27-19-10(8-24-29(16)19)20(30)26-13-6-14(13)32-2)25-12-4-3-5-28(21(12)31)22-11-9-33-18(22)17(11)22/h3-5,7-8,11,13-14,17-18,23H,6,9H2,1-2H3,(H,25,27)(H,26,30)/t11-,13?,14-,17-,18?,22-/m1/s1. The van der Waals surface area contributed by atoms with Crippen molar-refractivity contribution in [2.75, 3.05) is 31.4 Å². The number of methoxy groups -OCH3 is 1. The second-order valence-electron chi connectivity index (χ2n) is 9.16. The lowest BCUT2D eigenvalue weighted by atomic mass is 10.2. The number of carbonyl (C=O) groups excluding carboxylic acids is 1. The summed E-state index contributed by atoms with van der Waals surface area (Å²) in [5.74, 6) is 1.75. The average Bonchev–Trinajstić information content (AvgIpc) is 3.69. The molecule has 3 aromatic rings. The molecule has 3 aliphatic carbocycles. The average molecular weight is 449 g/mol. The molecule has 1 amide bonds. The van der Waals surface area contributed by atoms with Gasteiger partial charge in [-0.25, -0.2) is 4.98 Å². The van der Waals surface area contributed by atoms with E-state index in [1.54, 1.807) is 30.8 Å². The highest BCUT2D eigenvalue weighted by atomic mass is 16.5. The predicted molar refractivity (Wildman–Crippen MR) is 118 cm³/mol. The van der Waals surface area contributed by atoms with Crippen LogP contribution in [-0.4, -0.2) is 64.1 Å². The summed E-state index contributed by atoms with van der Waals surface area (Å²) >= 11 is 0. The van der Waals surface area contributed by atoms with E-state index in [-0.39, 0.29) is 35.3 Å². The van der Waals surface area contributed by atoms with Crippen LogP contribution in [0.5, 0.6) is 0 Å². The summed E-state index contributed by atoms with van der Waals surface area (Å²) in [6.07, 6.45) is 4.36. The smallest absolute Gasteiger partial charge is 0.274 e. The molecule has 5 heterocycles. The third kappa shape index (κ3) is 2.46. The Hall–Kier alpha value is -3.44. The Labute approximate surface area is 188 Å². The number of fused-ring (bicyclic) bond motifs is 2. The van der Waals surface area contributed by atoms with Crippen LogP contribution >= 0.6 is 0 Å². The molecule has 2 bridgehead atoms. The first-order valence-corrected chi connectivity index (χ1v) is 11.1. The van der Waals surface area contributed by atoms with E-state index in [1.165, 1.54) is 6.20 Å². The molecule has 5 fully saturated rings. The van der Waals surface area contributed by atoms with Gasteiger partial charge in [0.2, 0.25) is 0 Å². The molecule has 170 valence electrons. The number of aromatic nitrogens is 4. The molecule has 2 saturated heterocycles. The Kier molecular flexibility index (Phi) is 3.66. The van der Waals surface area contributed by atoms with Gasteiger partial charge in [-0.1, -0.05) is 0 Å². The Balaban J connectivity index is 1.22. The largest absolute Gasteiger partial charge is 0.379 e. The van der Waals surface area contributed by atoms with Gasteiger partial charge >= 0.3 is 0 Å². The number of nitrogens with zero attached hydrogens (tertiary/aromatic N) is 4. The van der Waals surface area contributed by atoms with Crippen molar-refractivity contribution in [1.29, 1.82) is 0 Å². The fourth-order valence-electron chi connectivity index (χ4n) is 5.57. The minimum absolute atomic E-state index is 0.00219. The highest BCUT2D eigenvalue weighted by molar-refractivity contribution is 6.00. The van der Waals surface area contributed by atoms with Gasteiger partial charge in [0.15, 0.2) is 5.65 Å². The minimum atomic E-state index is -0.258. The minimum Gasteiger partial charge on any atom is -0.379 e. The molecule has 0 aromatic carbocycles. The van der Waals surface area contributed by atoms with Crippen molar-refractivity contribution in [2.24, 2.45) is 11.8 Å². The molecule has 3 aromatic heterocycles. The van der Waals surface area contributed by atoms with E-state index in [0.29, 0.717) is 40.4 Å². The van der Waals surface area contributed by atoms with Crippen molar-refractivity contribution in [3.8, 4) is 0 Å². The highest BCUT2D eigenvalue weighted by Crippen LogP contribution is 2.82. The molecule has 5 aliphatic rings. The van der Waals surface area contributed by atoms with Crippen LogP contribution in [0.1, 0.15) is 16.8 Å². The quantitative estimate of drug-likeness (QED) is 0.478. The molecule has 0 spiro atoms. The molecule has 6 atom stereocenters. The summed E-state index contributed by atoms with van der Waals surface area (Å²) in [5, 5.41) is 13.5. The number of hydrogen-bond acceptors (Lipinski definition) is 8. The van der Waals surface area contributed by atoms with E-state index < -0.39 is 0 Å². The number of amides is 1. The summed E-state index contributed by atoms with van der Waals surface area (Å²) in [7, 11) is 3.39. The van der Waals surface area contributed by atoms with E-state index in [1.807, 2.05) is 16.8 Å². The van der Waals surface area contributed by atoms with Gasteiger partial charge in [-0.05, 0) is 18.6 Å². The van der Waals surface area contributed by atoms with Gasteiger partial charge in [0.1, 0.15) is 22.9 Å². The number of ether oxygens (including phenoxy) is 2. The van der Waals surface area contributed by atoms with E-state index in [0.717, 1.165) is 13.0 Å². The van der Waals surface area contributed by atoms with Crippen LogP contribution in [0.25, 0.3) is 5.65 Å². The van der Waals surface area contributed by atoms with Gasteiger partial charge in [-0.15, -0.1) is 0 Å². The van der Waals surface area contributed by atoms with Crippen LogP contribution in [0.3, 0.4) is 0 Å². The Morgan fingerprint density at radius 2 is 2.27 bits per heavy atom. The van der Waals surface area contributed by atoms with E-state index in [9.17, 15) is 9.59 Å². The maximum atomic E-state index is 13.2. The molecular weight excluding hydrogens is 426 g/mol. The van der Waals surface area contributed by atoms with Crippen LogP contribution < -0.4 is 21.5 Å². The molecular formula is C22H23N7O4. The number of anilines is 3. The predicted octanol–water partition coefficient (Wildman–Crippen LogP) is 0.547. The summed E-state index contributed by atoms with van der Waals surface area (Å²) < 4.78 is 14.4. The Morgan fingerprint density at radius 3 is 2.97 bits per heavy atom. The first-order chi connectivity index (χ1) is 16.1. The molecule has 2 aliphatic heterocycles. The van der Waals surface area contributed by atoms with Crippen molar-refractivity contribution in [3.63, 3.8) is 0 Å². The van der Waals surface area contributed by atoms with Crippen LogP contribution in [0.2, 0.25) is 0 Å². The monoisotopic (exact) mass is 449 g/mol. The molecule has 0 radical (unpaired) electrons. The van der Waals surface area contributed by atoms with Crippen LogP contribution in [0, 0.1) is 11.8 Å². The van der Waals surface area contributed by atoms with E-state index in [4.69, 9.17) is 9.47 Å². The summed E-state index contributed by atoms with van der Waals surface area (Å²) in [5.41, 5.74) is 0.934. The lowest BCUT2D eigenvalue weighted by molar-refractivity contribution is 0.0936. The molecule has 2 unspecified atom stereocenters. The molecule has 11 heteroatoms. The van der Waals surface area contributed by atoms with Crippen LogP contribution in [0.4, 0.5) is 17.3 Å². The van der Waals surface area contributed by atoms with Crippen LogP contribution in [-0.2, 0) is 15.0 Å². The third-order valence-corrected chi connectivity index (χ3v) is 7.53. The first-order valence-electron chi connectivity index (χ1n) is 11.1. The van der Waals surface area contributed by atoms with E-state index >= 15 is 0 Å². The summed E-state index contributed by atoms with van der Waals surface area (Å²) in [4.78, 5) is 30.7. The zero-order valence-corrected chi connectivity index (χ0v) is 18.1. The SMILES string of the molecule is CNc1cc(Nc2cccn([C@]34C5OC[C@@H]3[C@H]54)c2=O)nc2c(C(=O)NC3C[C@H]3OC)cnn12. The van der Waals surface area contributed by atoms with E-state index in [2.05, 4.69) is 26.0 Å². The van der Waals surface area contributed by atoms with Crippen molar-refractivity contribution < 1.29 is 14.3 Å². The molecule has 33 heavy (non-hydrogen) atoms. The number of nitrogens with one attached hydrogen (secondary N) is 3. The van der Waals surface area contributed by atoms with Crippen molar-refractivity contribution in [3.05, 3.63) is 46.5 Å². The molecule has 8 rings (SSSR count). The number of hydrogen-bond donors (Lipinski definition) is 3. The van der Waals surface area contributed by atoms with Gasteiger partial charge in [0.25, 0.3) is 11.5 Å². The second kappa shape index (κ2) is 6.33. The topological polar surface area (TPSA) is 124 Å². The lowest BCUT2D eigenvalue weighted by Gasteiger charge is -2.14. The summed E-state index contributed by atoms with van der Waals surface area (Å²) in [6, 6.07) is 5.36. The number of pyridine rings is 1. The van der Waals surface area contributed by atoms with Crippen molar-refractivity contribution in [2.45, 2.75) is 30.2 Å². The van der Waals surface area contributed by atoms with Crippen molar-refractivity contribution in [1.82, 2.24) is 24.5 Å². The Bertz CT molecular complexity index is 1360. The fourth-order valence-corrected chi connectivity index (χ4v) is 5.57. The number of carbonyl (C=O) groups is 1. The third-order valence-electron chi connectivity index (χ3n) is 7.53. The maximum Gasteiger partial charge on any atom is 0.274 e. The maximum absolute atomic E-state index is 13.2. The van der Waals surface area contributed by atoms with Gasteiger partial charge in [0, 0.05) is 38.3 Å². The van der Waals surface area contributed by atoms with Gasteiger partial charge in [0.05, 0.1) is 36.6 Å². The zero-order valence-electron chi connectivity index (χ0n) is 18.1. The van der Waals surface area contributed by atoms with Gasteiger partial charge in [-0.2, -0.15) is 9.61 Å². The van der Waals surface area contributed by atoms with Crippen molar-refractivity contribution >= 4 is 28.9 Å². The molecule has 11 nitrogen and oxygen atoms in total. The zero-order chi connectivity index (χ0) is 22.5. The van der Waals surface area contributed by atoms with Gasteiger partial charge in [-0.3, -0.25) is 9.59 Å². The lowest BCUT2D eigenvalue weighted by Crippen LogP contribution is -2.30. The second-order valence-corrected chi connectivity index (χ2v) is 9.16. The summed E-state index contributed by atoms with van der Waals surface area (Å²) in [6.45, 7) is 0.737. The highest BCUT2D eigenvalue weighted by Gasteiger charge is 2.93. The Morgan fingerprint density at radius 1 is 1.39 bits per heavy atom. The van der Waals surface area contributed by atoms with Gasteiger partial charge < -0.3 is 30.0 Å².